The van der Waals surface area contributed by atoms with E-state index in [2.05, 4.69) is 29.0 Å². The number of aryl methyl sites for hydroxylation is 2. The Kier molecular flexibility index (Phi) is 3.01. The van der Waals surface area contributed by atoms with Crippen LogP contribution in [0.4, 0.5) is 5.95 Å². The maximum absolute atomic E-state index is 12.4. The summed E-state index contributed by atoms with van der Waals surface area (Å²) in [5.41, 5.74) is 10.3. The summed E-state index contributed by atoms with van der Waals surface area (Å²) in [4.78, 5) is 20.8. The molecule has 102 valence electrons. The van der Waals surface area contributed by atoms with Gasteiger partial charge >= 0.3 is 0 Å². The van der Waals surface area contributed by atoms with E-state index in [-0.39, 0.29) is 17.6 Å². The molecule has 0 radical (unpaired) electrons. The molecule has 0 aliphatic heterocycles. The smallest absolute Gasteiger partial charge is 0.220 e. The predicted molar refractivity (Wildman–Crippen MR) is 77.8 cm³/mol. The summed E-state index contributed by atoms with van der Waals surface area (Å²) in [5.74, 6) is 0.557. The summed E-state index contributed by atoms with van der Waals surface area (Å²) >= 11 is 0. The average Bonchev–Trinajstić information content (AvgIpc) is 2.37. The first-order valence-corrected chi connectivity index (χ1v) is 6.78. The lowest BCUT2D eigenvalue weighted by Gasteiger charge is -2.25. The van der Waals surface area contributed by atoms with Gasteiger partial charge in [-0.25, -0.2) is 9.97 Å². The Labute approximate surface area is 118 Å². The fourth-order valence-electron chi connectivity index (χ4n) is 3.06. The highest BCUT2D eigenvalue weighted by Gasteiger charge is 2.30. The fraction of sp³-hybridized carbons (Fsp3) is 0.312. The highest BCUT2D eigenvalue weighted by atomic mass is 16.1. The van der Waals surface area contributed by atoms with Gasteiger partial charge in [0.2, 0.25) is 5.95 Å². The normalized spacial score (nSPS) is 17.9. The van der Waals surface area contributed by atoms with Crippen molar-refractivity contribution in [2.24, 2.45) is 0 Å². The third kappa shape index (κ3) is 2.07. The standard InChI is InChI=1S/C16H17N3O/c1-9-5-3-4-6-12(9)11-7-13-15(14(20)8-11)10(2)18-16(17)19-13/h3-6,11H,7-8H2,1-2H3,(H2,17,18,19)/t11-/m0/s1. The van der Waals surface area contributed by atoms with Crippen LogP contribution >= 0.6 is 0 Å². The molecule has 1 heterocycles. The van der Waals surface area contributed by atoms with Crippen LogP contribution in [-0.4, -0.2) is 15.8 Å². The third-order valence-electron chi connectivity index (χ3n) is 3.96. The topological polar surface area (TPSA) is 68.9 Å². The molecule has 0 fully saturated rings. The largest absolute Gasteiger partial charge is 0.368 e. The van der Waals surface area contributed by atoms with E-state index in [4.69, 9.17) is 5.73 Å². The molecule has 0 saturated carbocycles. The number of nitrogens with zero attached hydrogens (tertiary/aromatic N) is 2. The number of carbonyl (C=O) groups is 1. The second-order valence-electron chi connectivity index (χ2n) is 5.37. The molecule has 4 nitrogen and oxygen atoms in total. The number of carbonyl (C=O) groups excluding carboxylic acids is 1. The van der Waals surface area contributed by atoms with Gasteiger partial charge in [0, 0.05) is 6.42 Å². The van der Waals surface area contributed by atoms with E-state index in [0.29, 0.717) is 17.7 Å². The fourth-order valence-corrected chi connectivity index (χ4v) is 3.06. The van der Waals surface area contributed by atoms with Crippen molar-refractivity contribution in [3.05, 3.63) is 52.3 Å². The Morgan fingerprint density at radius 3 is 2.65 bits per heavy atom. The summed E-state index contributed by atoms with van der Waals surface area (Å²) in [6.45, 7) is 3.90. The van der Waals surface area contributed by atoms with Crippen LogP contribution in [0.1, 0.15) is 45.2 Å². The lowest BCUT2D eigenvalue weighted by molar-refractivity contribution is 0.0962. The van der Waals surface area contributed by atoms with Gasteiger partial charge < -0.3 is 5.73 Å². The van der Waals surface area contributed by atoms with Crippen LogP contribution < -0.4 is 5.73 Å². The number of hydrogen-bond donors (Lipinski definition) is 1. The molecule has 0 saturated heterocycles. The van der Waals surface area contributed by atoms with E-state index in [9.17, 15) is 4.79 Å². The first-order chi connectivity index (χ1) is 9.56. The van der Waals surface area contributed by atoms with E-state index < -0.39 is 0 Å². The Morgan fingerprint density at radius 1 is 1.15 bits per heavy atom. The molecule has 0 unspecified atom stereocenters. The molecular formula is C16H17N3O. The van der Waals surface area contributed by atoms with Crippen molar-refractivity contribution in [1.82, 2.24) is 9.97 Å². The number of nitrogens with two attached hydrogens (primary N) is 1. The van der Waals surface area contributed by atoms with Crippen molar-refractivity contribution in [2.75, 3.05) is 5.73 Å². The Hall–Kier alpha value is -2.23. The van der Waals surface area contributed by atoms with E-state index in [1.807, 2.05) is 19.1 Å². The summed E-state index contributed by atoms with van der Waals surface area (Å²) in [6.07, 6.45) is 1.27. The molecule has 3 rings (SSSR count). The summed E-state index contributed by atoms with van der Waals surface area (Å²) in [5, 5.41) is 0. The number of nitrogen functional groups attached to an aromatic ring is 1. The van der Waals surface area contributed by atoms with Gasteiger partial charge in [0.25, 0.3) is 0 Å². The predicted octanol–water partition coefficient (Wildman–Crippen LogP) is 2.59. The number of anilines is 1. The lowest BCUT2D eigenvalue weighted by Crippen LogP contribution is -2.23. The van der Waals surface area contributed by atoms with Gasteiger partial charge in [-0.05, 0) is 37.3 Å². The molecule has 1 aliphatic rings. The molecule has 4 heteroatoms. The lowest BCUT2D eigenvalue weighted by atomic mass is 9.80. The maximum Gasteiger partial charge on any atom is 0.220 e. The minimum Gasteiger partial charge on any atom is -0.368 e. The highest BCUT2D eigenvalue weighted by Crippen LogP contribution is 2.34. The molecule has 1 atom stereocenters. The second-order valence-corrected chi connectivity index (χ2v) is 5.37. The van der Waals surface area contributed by atoms with Crippen LogP contribution in [0.25, 0.3) is 0 Å². The minimum absolute atomic E-state index is 0.122. The van der Waals surface area contributed by atoms with Crippen LogP contribution in [0.5, 0.6) is 0 Å². The van der Waals surface area contributed by atoms with Gasteiger partial charge in [-0.3, -0.25) is 4.79 Å². The molecule has 20 heavy (non-hydrogen) atoms. The molecule has 0 spiro atoms. The molecule has 1 aromatic carbocycles. The minimum atomic E-state index is 0.122. The van der Waals surface area contributed by atoms with Crippen LogP contribution in [-0.2, 0) is 6.42 Å². The van der Waals surface area contributed by atoms with Gasteiger partial charge in [0.1, 0.15) is 0 Å². The number of benzene rings is 1. The number of Topliss-reactive ketones (excluding diaryl/α,β-unsaturated/α-hetero) is 1. The van der Waals surface area contributed by atoms with Crippen LogP contribution in [0, 0.1) is 13.8 Å². The number of hydrogen-bond acceptors (Lipinski definition) is 4. The number of rotatable bonds is 1. The number of aromatic nitrogens is 2. The highest BCUT2D eigenvalue weighted by molar-refractivity contribution is 5.99. The van der Waals surface area contributed by atoms with Crippen molar-refractivity contribution < 1.29 is 4.79 Å². The zero-order valence-corrected chi connectivity index (χ0v) is 11.7. The van der Waals surface area contributed by atoms with E-state index >= 15 is 0 Å². The molecule has 0 amide bonds. The molecule has 1 aliphatic carbocycles. The van der Waals surface area contributed by atoms with Crippen molar-refractivity contribution in [3.8, 4) is 0 Å². The quantitative estimate of drug-likeness (QED) is 0.862. The zero-order chi connectivity index (χ0) is 14.3. The third-order valence-corrected chi connectivity index (χ3v) is 3.96. The summed E-state index contributed by atoms with van der Waals surface area (Å²) in [7, 11) is 0. The zero-order valence-electron chi connectivity index (χ0n) is 11.7. The van der Waals surface area contributed by atoms with Crippen LogP contribution in [0.2, 0.25) is 0 Å². The number of fused-ring (bicyclic) bond motifs is 1. The van der Waals surface area contributed by atoms with Gasteiger partial charge in [0.15, 0.2) is 5.78 Å². The molecule has 2 aromatic rings. The first kappa shape index (κ1) is 12.8. The maximum atomic E-state index is 12.4. The Balaban J connectivity index is 2.05. The van der Waals surface area contributed by atoms with E-state index in [1.165, 1.54) is 11.1 Å². The molecule has 0 bridgehead atoms. The van der Waals surface area contributed by atoms with Gasteiger partial charge in [-0.1, -0.05) is 24.3 Å². The van der Waals surface area contributed by atoms with Crippen molar-refractivity contribution in [3.63, 3.8) is 0 Å². The summed E-state index contributed by atoms with van der Waals surface area (Å²) in [6, 6.07) is 8.20. The van der Waals surface area contributed by atoms with Crippen molar-refractivity contribution >= 4 is 11.7 Å². The Bertz CT molecular complexity index is 694. The first-order valence-electron chi connectivity index (χ1n) is 6.78. The van der Waals surface area contributed by atoms with Gasteiger partial charge in [-0.15, -0.1) is 0 Å². The molecule has 2 N–H and O–H groups in total. The van der Waals surface area contributed by atoms with Crippen LogP contribution in [0.3, 0.4) is 0 Å². The van der Waals surface area contributed by atoms with Crippen molar-refractivity contribution in [2.45, 2.75) is 32.6 Å². The average molecular weight is 267 g/mol. The van der Waals surface area contributed by atoms with E-state index in [1.54, 1.807) is 0 Å². The molecule has 1 aromatic heterocycles. The van der Waals surface area contributed by atoms with E-state index in [0.717, 1.165) is 12.1 Å². The van der Waals surface area contributed by atoms with Gasteiger partial charge in [-0.2, -0.15) is 0 Å². The van der Waals surface area contributed by atoms with Gasteiger partial charge in [0.05, 0.1) is 17.0 Å². The molecular weight excluding hydrogens is 250 g/mol. The summed E-state index contributed by atoms with van der Waals surface area (Å²) < 4.78 is 0. The Morgan fingerprint density at radius 2 is 1.90 bits per heavy atom. The number of ketones is 1. The van der Waals surface area contributed by atoms with Crippen molar-refractivity contribution in [1.29, 1.82) is 0 Å². The second kappa shape index (κ2) is 4.71. The monoisotopic (exact) mass is 267 g/mol. The van der Waals surface area contributed by atoms with Crippen LogP contribution in [0.15, 0.2) is 24.3 Å². The SMILES string of the molecule is Cc1ccccc1[C@@H]1CC(=O)c2c(C)nc(N)nc2C1.